The number of barbiturate groups is 1. The molecule has 0 spiro atoms. The van der Waals surface area contributed by atoms with Crippen LogP contribution in [-0.2, 0) is 9.59 Å². The first kappa shape index (κ1) is 11.9. The Labute approximate surface area is 103 Å². The van der Waals surface area contributed by atoms with Gasteiger partial charge in [0.1, 0.15) is 5.57 Å². The largest absolute Gasteiger partial charge is 0.328 e. The average Bonchev–Trinajstić information content (AvgIpc) is 2.71. The van der Waals surface area contributed by atoms with Gasteiger partial charge in [0, 0.05) is 10.9 Å². The molecule has 92 valence electrons. The van der Waals surface area contributed by atoms with Gasteiger partial charge >= 0.3 is 11.0 Å². The third-order valence-electron chi connectivity index (χ3n) is 2.02. The van der Waals surface area contributed by atoms with E-state index in [0.29, 0.717) is 4.88 Å². The first-order chi connectivity index (χ1) is 8.47. The molecule has 9 heteroatoms. The number of urea groups is 1. The van der Waals surface area contributed by atoms with E-state index < -0.39 is 22.8 Å². The van der Waals surface area contributed by atoms with Gasteiger partial charge in [-0.15, -0.1) is 0 Å². The highest BCUT2D eigenvalue weighted by Gasteiger charge is 2.28. The lowest BCUT2D eigenvalue weighted by molar-refractivity contribution is -0.380. The molecular formula is C9H5N3O5S. The lowest BCUT2D eigenvalue weighted by Crippen LogP contribution is -2.51. The molecule has 1 fully saturated rings. The van der Waals surface area contributed by atoms with Gasteiger partial charge in [0.15, 0.2) is 0 Å². The van der Waals surface area contributed by atoms with Gasteiger partial charge in [-0.25, -0.2) is 4.79 Å². The second-order valence-corrected chi connectivity index (χ2v) is 4.32. The highest BCUT2D eigenvalue weighted by molar-refractivity contribution is 7.16. The van der Waals surface area contributed by atoms with Crippen LogP contribution in [0.4, 0.5) is 9.80 Å². The summed E-state index contributed by atoms with van der Waals surface area (Å²) in [7, 11) is 0. The molecule has 1 aliphatic heterocycles. The summed E-state index contributed by atoms with van der Waals surface area (Å²) >= 11 is 0.819. The van der Waals surface area contributed by atoms with Crippen LogP contribution in [0.1, 0.15) is 4.88 Å². The van der Waals surface area contributed by atoms with Gasteiger partial charge in [0.2, 0.25) is 0 Å². The van der Waals surface area contributed by atoms with Crippen molar-refractivity contribution in [1.82, 2.24) is 10.6 Å². The van der Waals surface area contributed by atoms with Crippen molar-refractivity contribution in [3.63, 3.8) is 0 Å². The smallest absolute Gasteiger partial charge is 0.273 e. The summed E-state index contributed by atoms with van der Waals surface area (Å²) in [5.74, 6) is -1.67. The SMILES string of the molecule is O=C1NC(=O)C(=Cc2ccc([N+](=O)[O-])s2)C(=O)N1. The molecule has 1 aromatic heterocycles. The molecule has 0 aliphatic carbocycles. The molecule has 1 aliphatic rings. The Hall–Kier alpha value is -2.55. The van der Waals surface area contributed by atoms with Crippen molar-refractivity contribution < 1.29 is 19.3 Å². The van der Waals surface area contributed by atoms with Gasteiger partial charge in [-0.05, 0) is 12.1 Å². The van der Waals surface area contributed by atoms with E-state index in [4.69, 9.17) is 0 Å². The maximum Gasteiger partial charge on any atom is 0.328 e. The van der Waals surface area contributed by atoms with Gasteiger partial charge in [0.25, 0.3) is 11.8 Å². The molecule has 8 nitrogen and oxygen atoms in total. The number of nitrogens with one attached hydrogen (secondary N) is 2. The quantitative estimate of drug-likeness (QED) is 0.348. The van der Waals surface area contributed by atoms with Crippen LogP contribution in [0.2, 0.25) is 0 Å². The summed E-state index contributed by atoms with van der Waals surface area (Å²) in [6.07, 6.45) is 1.19. The molecule has 18 heavy (non-hydrogen) atoms. The maximum absolute atomic E-state index is 11.4. The zero-order valence-corrected chi connectivity index (χ0v) is 9.45. The van der Waals surface area contributed by atoms with E-state index in [1.54, 1.807) is 0 Å². The topological polar surface area (TPSA) is 118 Å². The minimum absolute atomic E-state index is 0.102. The molecule has 0 unspecified atom stereocenters. The van der Waals surface area contributed by atoms with Gasteiger partial charge in [-0.2, -0.15) is 0 Å². The van der Waals surface area contributed by atoms with Crippen molar-refractivity contribution in [2.24, 2.45) is 0 Å². The van der Waals surface area contributed by atoms with Gasteiger partial charge in [-0.1, -0.05) is 11.3 Å². The van der Waals surface area contributed by atoms with Gasteiger partial charge < -0.3 is 0 Å². The monoisotopic (exact) mass is 267 g/mol. The number of imide groups is 2. The van der Waals surface area contributed by atoms with Crippen molar-refractivity contribution in [2.75, 3.05) is 0 Å². The molecule has 1 aromatic rings. The predicted octanol–water partition coefficient (Wildman–Crippen LogP) is 0.406. The summed E-state index contributed by atoms with van der Waals surface area (Å²) in [5.41, 5.74) is -0.272. The Balaban J connectivity index is 2.31. The summed E-state index contributed by atoms with van der Waals surface area (Å²) in [5, 5.41) is 14.2. The first-order valence-electron chi connectivity index (χ1n) is 4.60. The fourth-order valence-electron chi connectivity index (χ4n) is 1.27. The first-order valence-corrected chi connectivity index (χ1v) is 5.41. The van der Waals surface area contributed by atoms with Gasteiger partial charge in [0.05, 0.1) is 4.92 Å². The van der Waals surface area contributed by atoms with Crippen LogP contribution in [-0.4, -0.2) is 22.8 Å². The Bertz CT molecular complexity index is 581. The molecular weight excluding hydrogens is 262 g/mol. The molecule has 0 radical (unpaired) electrons. The van der Waals surface area contributed by atoms with E-state index in [1.165, 1.54) is 18.2 Å². The van der Waals surface area contributed by atoms with Crippen molar-refractivity contribution in [3.8, 4) is 0 Å². The number of thiophene rings is 1. The third-order valence-corrected chi connectivity index (χ3v) is 3.01. The molecule has 0 atom stereocenters. The second kappa shape index (κ2) is 4.37. The summed E-state index contributed by atoms with van der Waals surface area (Å²) in [6, 6.07) is 1.78. The fourth-order valence-corrected chi connectivity index (χ4v) is 2.03. The number of carbonyl (C=O) groups excluding carboxylic acids is 3. The van der Waals surface area contributed by atoms with E-state index in [-0.39, 0.29) is 10.6 Å². The number of nitrogens with zero attached hydrogens (tertiary/aromatic N) is 1. The van der Waals surface area contributed by atoms with Crippen molar-refractivity contribution in [2.45, 2.75) is 0 Å². The van der Waals surface area contributed by atoms with E-state index in [2.05, 4.69) is 0 Å². The van der Waals surface area contributed by atoms with E-state index in [9.17, 15) is 24.5 Å². The number of amides is 4. The van der Waals surface area contributed by atoms with E-state index in [1.807, 2.05) is 10.6 Å². The van der Waals surface area contributed by atoms with Crippen LogP contribution in [0, 0.1) is 10.1 Å². The Kier molecular flexibility index (Phi) is 2.90. The van der Waals surface area contributed by atoms with Crippen LogP contribution >= 0.6 is 11.3 Å². The molecule has 1 saturated heterocycles. The molecule has 0 aromatic carbocycles. The van der Waals surface area contributed by atoms with Gasteiger partial charge in [-0.3, -0.25) is 30.3 Å². The lowest BCUT2D eigenvalue weighted by Gasteiger charge is -2.13. The Morgan fingerprint density at radius 3 is 2.28 bits per heavy atom. The molecule has 0 saturated carbocycles. The summed E-state index contributed by atoms with van der Waals surface area (Å²) < 4.78 is 0. The van der Waals surface area contributed by atoms with Crippen LogP contribution in [0.5, 0.6) is 0 Å². The minimum atomic E-state index is -0.890. The zero-order valence-electron chi connectivity index (χ0n) is 8.63. The number of hydrogen-bond acceptors (Lipinski definition) is 6. The lowest BCUT2D eigenvalue weighted by atomic mass is 10.2. The highest BCUT2D eigenvalue weighted by Crippen LogP contribution is 2.26. The van der Waals surface area contributed by atoms with Crippen molar-refractivity contribution in [1.29, 1.82) is 0 Å². The fraction of sp³-hybridized carbons (Fsp3) is 0. The molecule has 4 amide bonds. The number of carbonyl (C=O) groups is 3. The number of nitro groups is 1. The molecule has 2 rings (SSSR count). The van der Waals surface area contributed by atoms with Crippen LogP contribution in [0.15, 0.2) is 17.7 Å². The summed E-state index contributed by atoms with van der Waals surface area (Å²) in [4.78, 5) is 43.8. The predicted molar refractivity (Wildman–Crippen MR) is 60.6 cm³/mol. The van der Waals surface area contributed by atoms with Crippen LogP contribution in [0.3, 0.4) is 0 Å². The molecule has 2 heterocycles. The summed E-state index contributed by atoms with van der Waals surface area (Å²) in [6.45, 7) is 0. The Morgan fingerprint density at radius 1 is 1.17 bits per heavy atom. The Morgan fingerprint density at radius 2 is 1.78 bits per heavy atom. The third kappa shape index (κ3) is 2.25. The zero-order chi connectivity index (χ0) is 13.3. The standard InChI is InChI=1S/C9H5N3O5S/c13-7-5(8(14)11-9(15)10-7)3-4-1-2-6(18-4)12(16)17/h1-3H,(H2,10,11,13,14,15). The molecule has 0 bridgehead atoms. The normalized spacial score (nSPS) is 15.1. The van der Waals surface area contributed by atoms with Crippen LogP contribution < -0.4 is 10.6 Å². The van der Waals surface area contributed by atoms with Crippen LogP contribution in [0.25, 0.3) is 6.08 Å². The average molecular weight is 267 g/mol. The maximum atomic E-state index is 11.4. The highest BCUT2D eigenvalue weighted by atomic mass is 32.1. The van der Waals surface area contributed by atoms with E-state index in [0.717, 1.165) is 11.3 Å². The van der Waals surface area contributed by atoms with E-state index >= 15 is 0 Å². The van der Waals surface area contributed by atoms with Crippen molar-refractivity contribution >= 4 is 40.3 Å². The second-order valence-electron chi connectivity index (χ2n) is 3.23. The molecule has 2 N–H and O–H groups in total. The minimum Gasteiger partial charge on any atom is -0.273 e. The number of hydrogen-bond donors (Lipinski definition) is 2. The number of rotatable bonds is 2. The van der Waals surface area contributed by atoms with Crippen molar-refractivity contribution in [3.05, 3.63) is 32.7 Å².